The van der Waals surface area contributed by atoms with Crippen molar-refractivity contribution in [1.29, 1.82) is 0 Å². The SMILES string of the molecule is C=Cc1ccc(OCCCCCOc2ccccc2)cc1. The maximum absolute atomic E-state index is 5.70. The Morgan fingerprint density at radius 2 is 1.29 bits per heavy atom. The molecule has 110 valence electrons. The van der Waals surface area contributed by atoms with Crippen LogP contribution >= 0.6 is 0 Å². The van der Waals surface area contributed by atoms with Gasteiger partial charge in [-0.3, -0.25) is 0 Å². The van der Waals surface area contributed by atoms with Gasteiger partial charge in [0.15, 0.2) is 0 Å². The fourth-order valence-electron chi connectivity index (χ4n) is 1.98. The van der Waals surface area contributed by atoms with E-state index in [1.54, 1.807) is 0 Å². The average Bonchev–Trinajstić information content (AvgIpc) is 2.55. The highest BCUT2D eigenvalue weighted by molar-refractivity contribution is 5.48. The minimum atomic E-state index is 0.749. The zero-order valence-electron chi connectivity index (χ0n) is 12.3. The Bertz CT molecular complexity index is 517. The summed E-state index contributed by atoms with van der Waals surface area (Å²) in [6, 6.07) is 17.9. The van der Waals surface area contributed by atoms with Crippen molar-refractivity contribution in [2.24, 2.45) is 0 Å². The van der Waals surface area contributed by atoms with E-state index in [0.717, 1.165) is 49.5 Å². The van der Waals surface area contributed by atoms with Gasteiger partial charge in [-0.05, 0) is 49.1 Å². The Hall–Kier alpha value is -2.22. The molecule has 2 rings (SSSR count). The minimum Gasteiger partial charge on any atom is -0.494 e. The maximum Gasteiger partial charge on any atom is 0.119 e. The van der Waals surface area contributed by atoms with Crippen LogP contribution < -0.4 is 9.47 Å². The van der Waals surface area contributed by atoms with Crippen molar-refractivity contribution in [3.05, 3.63) is 66.7 Å². The van der Waals surface area contributed by atoms with Crippen LogP contribution in [0.2, 0.25) is 0 Å². The lowest BCUT2D eigenvalue weighted by Crippen LogP contribution is -2.00. The van der Waals surface area contributed by atoms with E-state index < -0.39 is 0 Å². The minimum absolute atomic E-state index is 0.749. The van der Waals surface area contributed by atoms with Crippen molar-refractivity contribution in [2.45, 2.75) is 19.3 Å². The van der Waals surface area contributed by atoms with E-state index in [9.17, 15) is 0 Å². The van der Waals surface area contributed by atoms with Crippen LogP contribution in [0.3, 0.4) is 0 Å². The number of benzene rings is 2. The molecule has 0 spiro atoms. The molecule has 0 saturated carbocycles. The van der Waals surface area contributed by atoms with Gasteiger partial charge in [0.2, 0.25) is 0 Å². The molecule has 0 fully saturated rings. The molecule has 0 aliphatic carbocycles. The van der Waals surface area contributed by atoms with E-state index in [4.69, 9.17) is 9.47 Å². The molecule has 0 bridgehead atoms. The molecule has 0 amide bonds. The second-order valence-electron chi connectivity index (χ2n) is 4.84. The summed E-state index contributed by atoms with van der Waals surface area (Å²) in [7, 11) is 0. The summed E-state index contributed by atoms with van der Waals surface area (Å²) >= 11 is 0. The second kappa shape index (κ2) is 8.85. The largest absolute Gasteiger partial charge is 0.494 e. The first-order valence-electron chi connectivity index (χ1n) is 7.41. The number of ether oxygens (including phenoxy) is 2. The summed E-state index contributed by atoms with van der Waals surface area (Å²) in [5, 5.41) is 0. The number of unbranched alkanes of at least 4 members (excludes halogenated alkanes) is 2. The molecule has 2 heteroatoms. The molecular weight excluding hydrogens is 260 g/mol. The molecule has 0 radical (unpaired) electrons. The smallest absolute Gasteiger partial charge is 0.119 e. The zero-order chi connectivity index (χ0) is 14.8. The Morgan fingerprint density at radius 3 is 1.86 bits per heavy atom. The molecule has 2 aromatic carbocycles. The average molecular weight is 282 g/mol. The fourth-order valence-corrected chi connectivity index (χ4v) is 1.98. The Labute approximate surface area is 127 Å². The molecule has 21 heavy (non-hydrogen) atoms. The van der Waals surface area contributed by atoms with Crippen LogP contribution in [0.4, 0.5) is 0 Å². The van der Waals surface area contributed by atoms with E-state index in [1.165, 1.54) is 0 Å². The standard InChI is InChI=1S/C19H22O2/c1-2-17-11-13-19(14-12-17)21-16-8-4-7-15-20-18-9-5-3-6-10-18/h2-3,5-6,9-14H,1,4,7-8,15-16H2. The molecular formula is C19H22O2. The van der Waals surface area contributed by atoms with Crippen LogP contribution in [0.15, 0.2) is 61.2 Å². The summed E-state index contributed by atoms with van der Waals surface area (Å²) < 4.78 is 11.3. The van der Waals surface area contributed by atoms with Crippen molar-refractivity contribution in [2.75, 3.05) is 13.2 Å². The van der Waals surface area contributed by atoms with Gasteiger partial charge >= 0.3 is 0 Å². The molecule has 0 heterocycles. The van der Waals surface area contributed by atoms with Gasteiger partial charge < -0.3 is 9.47 Å². The van der Waals surface area contributed by atoms with Crippen LogP contribution in [-0.2, 0) is 0 Å². The molecule has 0 atom stereocenters. The first kappa shape index (κ1) is 15.2. The Kier molecular flexibility index (Phi) is 6.40. The van der Waals surface area contributed by atoms with Crippen molar-refractivity contribution in [3.63, 3.8) is 0 Å². The summed E-state index contributed by atoms with van der Waals surface area (Å²) in [5.41, 5.74) is 1.11. The molecule has 0 aromatic heterocycles. The van der Waals surface area contributed by atoms with Crippen LogP contribution in [-0.4, -0.2) is 13.2 Å². The van der Waals surface area contributed by atoms with Crippen molar-refractivity contribution in [1.82, 2.24) is 0 Å². The second-order valence-corrected chi connectivity index (χ2v) is 4.84. The summed E-state index contributed by atoms with van der Waals surface area (Å²) in [4.78, 5) is 0. The maximum atomic E-state index is 5.70. The molecule has 0 aliphatic heterocycles. The number of rotatable bonds is 9. The van der Waals surface area contributed by atoms with Crippen LogP contribution in [0.25, 0.3) is 6.08 Å². The number of hydrogen-bond acceptors (Lipinski definition) is 2. The fraction of sp³-hybridized carbons (Fsp3) is 0.263. The first-order valence-corrected chi connectivity index (χ1v) is 7.41. The van der Waals surface area contributed by atoms with E-state index >= 15 is 0 Å². The van der Waals surface area contributed by atoms with Gasteiger partial charge in [0.25, 0.3) is 0 Å². The molecule has 0 saturated heterocycles. The monoisotopic (exact) mass is 282 g/mol. The first-order chi connectivity index (χ1) is 10.4. The van der Waals surface area contributed by atoms with Crippen LogP contribution in [0.5, 0.6) is 11.5 Å². The van der Waals surface area contributed by atoms with Gasteiger partial charge in [0.1, 0.15) is 11.5 Å². The van der Waals surface area contributed by atoms with Crippen molar-refractivity contribution >= 4 is 6.08 Å². The highest BCUT2D eigenvalue weighted by Crippen LogP contribution is 2.13. The molecule has 2 aromatic rings. The van der Waals surface area contributed by atoms with E-state index in [0.29, 0.717) is 0 Å². The predicted molar refractivity (Wildman–Crippen MR) is 87.8 cm³/mol. The molecule has 0 N–H and O–H groups in total. The van der Waals surface area contributed by atoms with E-state index in [-0.39, 0.29) is 0 Å². The van der Waals surface area contributed by atoms with Gasteiger partial charge in [-0.25, -0.2) is 0 Å². The lowest BCUT2D eigenvalue weighted by molar-refractivity contribution is 0.279. The van der Waals surface area contributed by atoms with Gasteiger partial charge in [-0.2, -0.15) is 0 Å². The lowest BCUT2D eigenvalue weighted by atomic mass is 10.2. The zero-order valence-corrected chi connectivity index (χ0v) is 12.3. The van der Waals surface area contributed by atoms with Crippen molar-refractivity contribution < 1.29 is 9.47 Å². The quantitative estimate of drug-likeness (QED) is 0.605. The van der Waals surface area contributed by atoms with Crippen LogP contribution in [0.1, 0.15) is 24.8 Å². The predicted octanol–water partition coefficient (Wildman–Crippen LogP) is 4.96. The summed E-state index contributed by atoms with van der Waals surface area (Å²) in [6.07, 6.45) is 5.03. The normalized spacial score (nSPS) is 10.1. The third-order valence-electron chi connectivity index (χ3n) is 3.19. The Morgan fingerprint density at radius 1 is 0.714 bits per heavy atom. The molecule has 0 aliphatic rings. The third kappa shape index (κ3) is 5.74. The van der Waals surface area contributed by atoms with E-state index in [2.05, 4.69) is 6.58 Å². The number of hydrogen-bond donors (Lipinski definition) is 0. The van der Waals surface area contributed by atoms with Gasteiger partial charge in [0.05, 0.1) is 13.2 Å². The number of para-hydroxylation sites is 1. The summed E-state index contributed by atoms with van der Waals surface area (Å²) in [5.74, 6) is 1.86. The van der Waals surface area contributed by atoms with Crippen molar-refractivity contribution in [3.8, 4) is 11.5 Å². The topological polar surface area (TPSA) is 18.5 Å². The molecule has 0 unspecified atom stereocenters. The highest BCUT2D eigenvalue weighted by Gasteiger charge is 1.95. The van der Waals surface area contributed by atoms with Gasteiger partial charge in [-0.15, -0.1) is 0 Å². The van der Waals surface area contributed by atoms with Gasteiger partial charge in [-0.1, -0.05) is 43.0 Å². The lowest BCUT2D eigenvalue weighted by Gasteiger charge is -2.07. The highest BCUT2D eigenvalue weighted by atomic mass is 16.5. The van der Waals surface area contributed by atoms with Gasteiger partial charge in [0, 0.05) is 0 Å². The third-order valence-corrected chi connectivity index (χ3v) is 3.19. The van der Waals surface area contributed by atoms with E-state index in [1.807, 2.05) is 60.7 Å². The Balaban J connectivity index is 1.52. The molecule has 2 nitrogen and oxygen atoms in total. The summed E-state index contributed by atoms with van der Waals surface area (Å²) in [6.45, 7) is 5.24. The van der Waals surface area contributed by atoms with Crippen LogP contribution in [0, 0.1) is 0 Å².